The number of fused-ring (bicyclic) bond motifs is 1. The molecule has 4 aromatic heterocycles. The fourth-order valence-electron chi connectivity index (χ4n) is 3.29. The maximum Gasteiger partial charge on any atom is 0.223 e. The van der Waals surface area contributed by atoms with Crippen molar-refractivity contribution in [3.05, 3.63) is 75.2 Å². The van der Waals surface area contributed by atoms with Crippen LogP contribution in [0, 0.1) is 0 Å². The van der Waals surface area contributed by atoms with Crippen LogP contribution in [0.5, 0.6) is 11.5 Å². The number of rotatable bonds is 6. The van der Waals surface area contributed by atoms with Gasteiger partial charge in [0, 0.05) is 36.1 Å². The molecule has 4 rings (SSSR count). The number of pyridine rings is 3. The van der Waals surface area contributed by atoms with Crippen LogP contribution in [0.25, 0.3) is 11.0 Å². The Hall–Kier alpha value is -3.72. The van der Waals surface area contributed by atoms with Gasteiger partial charge in [0.1, 0.15) is 10.5 Å². The van der Waals surface area contributed by atoms with Gasteiger partial charge in [-0.25, -0.2) is 4.98 Å². The minimum absolute atomic E-state index is 0.00407. The topological polar surface area (TPSA) is 118 Å². The molecule has 0 bridgehead atoms. The summed E-state index contributed by atoms with van der Waals surface area (Å²) >= 11 is 6.29. The van der Waals surface area contributed by atoms with E-state index in [0.29, 0.717) is 41.4 Å². The molecule has 0 saturated carbocycles. The number of ether oxygens (including phenoxy) is 2. The van der Waals surface area contributed by atoms with E-state index in [0.717, 1.165) is 5.69 Å². The lowest BCUT2D eigenvalue weighted by molar-refractivity contribution is 0.352. The number of hydrogen-bond acceptors (Lipinski definition) is 8. The molecule has 0 aliphatic carbocycles. The second-order valence-corrected chi connectivity index (χ2v) is 7.07. The lowest BCUT2D eigenvalue weighted by Gasteiger charge is -2.14. The van der Waals surface area contributed by atoms with E-state index in [2.05, 4.69) is 19.9 Å². The lowest BCUT2D eigenvalue weighted by Crippen LogP contribution is -2.19. The number of nitrogen functional groups attached to an aromatic ring is 1. The molecule has 0 fully saturated rings. The summed E-state index contributed by atoms with van der Waals surface area (Å²) in [7, 11) is 3.09. The normalized spacial score (nSPS) is 10.9. The first-order valence-electron chi connectivity index (χ1n) is 9.32. The molecule has 0 unspecified atom stereocenters. The van der Waals surface area contributed by atoms with Crippen LogP contribution in [-0.2, 0) is 13.0 Å². The number of anilines is 1. The summed E-state index contributed by atoms with van der Waals surface area (Å²) in [5.41, 5.74) is 7.78. The number of nitrogens with two attached hydrogens (primary N) is 1. The fraction of sp³-hybridized carbons (Fsp3) is 0.190. The van der Waals surface area contributed by atoms with Crippen LogP contribution < -0.4 is 20.6 Å². The summed E-state index contributed by atoms with van der Waals surface area (Å²) < 4.78 is 12.4. The van der Waals surface area contributed by atoms with Crippen LogP contribution in [0.1, 0.15) is 17.0 Å². The Morgan fingerprint density at radius 1 is 1.10 bits per heavy atom. The Balaban J connectivity index is 1.87. The zero-order valence-electron chi connectivity index (χ0n) is 16.9. The highest BCUT2D eigenvalue weighted by Crippen LogP contribution is 2.27. The molecule has 2 N–H and O–H groups in total. The average molecular weight is 439 g/mol. The van der Waals surface area contributed by atoms with Gasteiger partial charge in [0.05, 0.1) is 32.7 Å². The highest BCUT2D eigenvalue weighted by Gasteiger charge is 2.17. The first kappa shape index (κ1) is 20.5. The predicted octanol–water partition coefficient (Wildman–Crippen LogP) is 2.47. The second-order valence-electron chi connectivity index (χ2n) is 6.71. The molecule has 0 aliphatic heterocycles. The molecule has 0 spiro atoms. The zero-order valence-corrected chi connectivity index (χ0v) is 17.6. The quantitative estimate of drug-likeness (QED) is 0.456. The van der Waals surface area contributed by atoms with Gasteiger partial charge in [-0.15, -0.1) is 0 Å². The minimum atomic E-state index is -0.262. The highest BCUT2D eigenvalue weighted by molar-refractivity contribution is 6.34. The number of hydrogen-bond donors (Lipinski definition) is 1. The van der Waals surface area contributed by atoms with Gasteiger partial charge in [0.15, 0.2) is 22.6 Å². The third-order valence-corrected chi connectivity index (χ3v) is 5.00. The summed E-state index contributed by atoms with van der Waals surface area (Å²) in [5, 5.41) is 0.203. The van der Waals surface area contributed by atoms with Gasteiger partial charge in [-0.05, 0) is 12.1 Å². The molecule has 4 aromatic rings. The molecule has 158 valence electrons. The minimum Gasteiger partial charge on any atom is -0.493 e. The Bertz CT molecular complexity index is 1310. The molecule has 0 aliphatic rings. The van der Waals surface area contributed by atoms with E-state index < -0.39 is 0 Å². The summed E-state index contributed by atoms with van der Waals surface area (Å²) in [6.07, 6.45) is 5.31. The van der Waals surface area contributed by atoms with E-state index in [1.807, 2.05) is 18.2 Å². The molecule has 10 heteroatoms. The van der Waals surface area contributed by atoms with E-state index in [9.17, 15) is 4.79 Å². The Morgan fingerprint density at radius 2 is 1.90 bits per heavy atom. The molecule has 0 saturated heterocycles. The largest absolute Gasteiger partial charge is 0.493 e. The predicted molar refractivity (Wildman–Crippen MR) is 117 cm³/mol. The monoisotopic (exact) mass is 438 g/mol. The van der Waals surface area contributed by atoms with Crippen molar-refractivity contribution in [1.82, 2.24) is 24.5 Å². The van der Waals surface area contributed by atoms with E-state index in [4.69, 9.17) is 26.8 Å². The van der Waals surface area contributed by atoms with Gasteiger partial charge >= 0.3 is 0 Å². The molecule has 31 heavy (non-hydrogen) atoms. The van der Waals surface area contributed by atoms with Crippen molar-refractivity contribution >= 4 is 28.6 Å². The number of nitrogens with zero attached hydrogens (tertiary/aromatic N) is 5. The van der Waals surface area contributed by atoms with Crippen LogP contribution in [0.4, 0.5) is 5.95 Å². The van der Waals surface area contributed by atoms with Crippen molar-refractivity contribution < 1.29 is 9.47 Å². The van der Waals surface area contributed by atoms with Crippen molar-refractivity contribution in [2.75, 3.05) is 20.0 Å². The van der Waals surface area contributed by atoms with E-state index in [-0.39, 0.29) is 21.9 Å². The van der Waals surface area contributed by atoms with Gasteiger partial charge < -0.3 is 19.8 Å². The first-order valence-corrected chi connectivity index (χ1v) is 9.69. The molecule has 0 atom stereocenters. The van der Waals surface area contributed by atoms with Crippen molar-refractivity contribution in [3.63, 3.8) is 0 Å². The average Bonchev–Trinajstić information content (AvgIpc) is 2.77. The lowest BCUT2D eigenvalue weighted by atomic mass is 10.1. The van der Waals surface area contributed by atoms with Crippen LogP contribution in [0.2, 0.25) is 5.15 Å². The van der Waals surface area contributed by atoms with Gasteiger partial charge in [0.2, 0.25) is 5.95 Å². The van der Waals surface area contributed by atoms with Crippen molar-refractivity contribution in [3.8, 4) is 11.5 Å². The summed E-state index contributed by atoms with van der Waals surface area (Å²) in [6.45, 7) is 0.291. The molecule has 9 nitrogen and oxygen atoms in total. The SMILES string of the molecule is COc1cnc(Cn2cc(Cc3ccccn3)c(=O)c3c(Cl)nc(N)nc32)cc1OC. The molecular formula is C21H19ClN6O3. The Labute approximate surface area is 182 Å². The van der Waals surface area contributed by atoms with Crippen molar-refractivity contribution in [2.24, 2.45) is 0 Å². The van der Waals surface area contributed by atoms with Crippen molar-refractivity contribution in [1.29, 1.82) is 0 Å². The standard InChI is InChI=1S/C21H19ClN6O3/c1-30-15-8-14(25-9-16(15)31-2)11-28-10-12(7-13-5-3-4-6-24-13)18(29)17-19(22)26-21(23)27-20(17)28/h3-6,8-10H,7,11H2,1-2H3,(H2,23,26,27). The van der Waals surface area contributed by atoms with Crippen LogP contribution in [0.3, 0.4) is 0 Å². The molecule has 0 aromatic carbocycles. The molecule has 0 radical (unpaired) electrons. The van der Waals surface area contributed by atoms with Crippen LogP contribution >= 0.6 is 11.6 Å². The third kappa shape index (κ3) is 4.13. The number of aromatic nitrogens is 5. The van der Waals surface area contributed by atoms with Gasteiger partial charge in [0.25, 0.3) is 0 Å². The number of methoxy groups -OCH3 is 2. The second kappa shape index (κ2) is 8.57. The fourth-order valence-corrected chi connectivity index (χ4v) is 3.55. The number of halogens is 1. The highest BCUT2D eigenvalue weighted by atomic mass is 35.5. The van der Waals surface area contributed by atoms with Crippen molar-refractivity contribution in [2.45, 2.75) is 13.0 Å². The van der Waals surface area contributed by atoms with Crippen LogP contribution in [0.15, 0.2) is 47.7 Å². The maximum atomic E-state index is 13.2. The first-order chi connectivity index (χ1) is 15.0. The van der Waals surface area contributed by atoms with E-state index >= 15 is 0 Å². The van der Waals surface area contributed by atoms with E-state index in [1.54, 1.807) is 43.4 Å². The Kier molecular flexibility index (Phi) is 5.68. The molecular weight excluding hydrogens is 420 g/mol. The summed E-state index contributed by atoms with van der Waals surface area (Å²) in [6, 6.07) is 7.29. The van der Waals surface area contributed by atoms with E-state index in [1.165, 1.54) is 0 Å². The molecule has 0 amide bonds. The van der Waals surface area contributed by atoms with Gasteiger partial charge in [-0.1, -0.05) is 17.7 Å². The van der Waals surface area contributed by atoms with Crippen LogP contribution in [-0.4, -0.2) is 38.7 Å². The smallest absolute Gasteiger partial charge is 0.223 e. The Morgan fingerprint density at radius 3 is 2.61 bits per heavy atom. The van der Waals surface area contributed by atoms with Gasteiger partial charge in [-0.2, -0.15) is 4.98 Å². The zero-order chi connectivity index (χ0) is 22.0. The maximum absolute atomic E-state index is 13.2. The molecule has 4 heterocycles. The summed E-state index contributed by atoms with van der Waals surface area (Å²) in [5.74, 6) is 1.03. The summed E-state index contributed by atoms with van der Waals surface area (Å²) in [4.78, 5) is 30.1. The third-order valence-electron chi connectivity index (χ3n) is 4.72. The van der Waals surface area contributed by atoms with Gasteiger partial charge in [-0.3, -0.25) is 14.8 Å².